The van der Waals surface area contributed by atoms with Gasteiger partial charge in [0, 0.05) is 11.8 Å². The topological polar surface area (TPSA) is 100 Å². The van der Waals surface area contributed by atoms with E-state index in [1.807, 2.05) is 0 Å². The number of rotatable bonds is 2. The summed E-state index contributed by atoms with van der Waals surface area (Å²) in [5.41, 5.74) is 4.85. The highest BCUT2D eigenvalue weighted by Gasteiger charge is 2.16. The fourth-order valence-corrected chi connectivity index (χ4v) is 0.848. The Bertz CT molecular complexity index is 414. The van der Waals surface area contributed by atoms with Gasteiger partial charge in [0.05, 0.1) is 0 Å². The number of nitrogens with two attached hydrogens (primary N) is 1. The molecule has 1 aromatic heterocycles. The Balaban J connectivity index is 3.10. The number of carboxylic acids is 1. The maximum Gasteiger partial charge on any atom is 0.325 e. The van der Waals surface area contributed by atoms with Crippen molar-refractivity contribution < 1.29 is 14.3 Å². The lowest BCUT2D eigenvalue weighted by molar-refractivity contribution is -0.138. The lowest BCUT2D eigenvalue weighted by Crippen LogP contribution is -2.21. The summed E-state index contributed by atoms with van der Waals surface area (Å²) in [6, 6.07) is 1.08. The smallest absolute Gasteiger partial charge is 0.325 e. The van der Waals surface area contributed by atoms with Gasteiger partial charge in [-0.05, 0) is 6.07 Å². The van der Waals surface area contributed by atoms with Crippen LogP contribution in [0.1, 0.15) is 17.3 Å². The van der Waals surface area contributed by atoms with Gasteiger partial charge in [0.15, 0.2) is 11.5 Å². The second-order valence-corrected chi connectivity index (χ2v) is 2.53. The van der Waals surface area contributed by atoms with Crippen LogP contribution in [0.4, 0.5) is 4.39 Å². The van der Waals surface area contributed by atoms with Crippen LogP contribution < -0.4 is 5.73 Å². The van der Waals surface area contributed by atoms with Crippen LogP contribution in [0.15, 0.2) is 12.3 Å². The maximum absolute atomic E-state index is 12.9. The van der Waals surface area contributed by atoms with E-state index in [4.69, 9.17) is 16.1 Å². The van der Waals surface area contributed by atoms with Crippen molar-refractivity contribution in [1.82, 2.24) is 4.98 Å². The van der Waals surface area contributed by atoms with Crippen molar-refractivity contribution >= 4 is 5.97 Å². The van der Waals surface area contributed by atoms with Crippen LogP contribution in [0.2, 0.25) is 0 Å². The predicted molar refractivity (Wildman–Crippen MR) is 43.5 cm³/mol. The molecule has 0 aliphatic heterocycles. The number of carboxylic acid groups (broad SMARTS) is 1. The highest BCUT2D eigenvalue weighted by Crippen LogP contribution is 2.12. The highest BCUT2D eigenvalue weighted by molar-refractivity contribution is 5.75. The van der Waals surface area contributed by atoms with Gasteiger partial charge < -0.3 is 10.8 Å². The number of carbonyl (C=O) groups is 1. The third-order valence-corrected chi connectivity index (χ3v) is 1.59. The molecule has 1 heterocycles. The number of nitriles is 1. The van der Waals surface area contributed by atoms with E-state index in [0.717, 1.165) is 12.3 Å². The lowest BCUT2D eigenvalue weighted by atomic mass is 10.1. The van der Waals surface area contributed by atoms with Gasteiger partial charge in [-0.25, -0.2) is 9.37 Å². The molecule has 1 rings (SSSR count). The van der Waals surface area contributed by atoms with Gasteiger partial charge >= 0.3 is 5.97 Å². The molecule has 0 fully saturated rings. The zero-order valence-electron chi connectivity index (χ0n) is 6.94. The van der Waals surface area contributed by atoms with Gasteiger partial charge in [-0.15, -0.1) is 0 Å². The average molecular weight is 195 g/mol. The van der Waals surface area contributed by atoms with E-state index in [0.29, 0.717) is 0 Å². The van der Waals surface area contributed by atoms with Gasteiger partial charge in [-0.1, -0.05) is 0 Å². The van der Waals surface area contributed by atoms with Gasteiger partial charge in [-0.2, -0.15) is 5.26 Å². The van der Waals surface area contributed by atoms with Gasteiger partial charge in [0.1, 0.15) is 12.1 Å². The molecular weight excluding hydrogens is 189 g/mol. The summed E-state index contributed by atoms with van der Waals surface area (Å²) in [6.07, 6.45) is 1.07. The molecule has 0 radical (unpaired) electrons. The zero-order valence-corrected chi connectivity index (χ0v) is 6.94. The Labute approximate surface area is 78.6 Å². The van der Waals surface area contributed by atoms with Gasteiger partial charge in [0.2, 0.25) is 0 Å². The number of pyridine rings is 1. The molecule has 1 atom stereocenters. The van der Waals surface area contributed by atoms with Gasteiger partial charge in [-0.3, -0.25) is 4.79 Å². The summed E-state index contributed by atoms with van der Waals surface area (Å²) in [7, 11) is 0. The Morgan fingerprint density at radius 1 is 1.79 bits per heavy atom. The van der Waals surface area contributed by atoms with E-state index in [2.05, 4.69) is 4.98 Å². The molecule has 0 unspecified atom stereocenters. The Kier molecular flexibility index (Phi) is 2.74. The first kappa shape index (κ1) is 10.1. The number of halogens is 1. The van der Waals surface area contributed by atoms with Gasteiger partial charge in [0.25, 0.3) is 0 Å². The Morgan fingerprint density at radius 2 is 2.43 bits per heavy atom. The maximum atomic E-state index is 12.9. The summed E-state index contributed by atoms with van der Waals surface area (Å²) in [5, 5.41) is 16.9. The SMILES string of the molecule is N#Cc1ncc([C@@H](N)C(=O)O)cc1F. The Hall–Kier alpha value is -2.00. The van der Waals surface area contributed by atoms with Crippen molar-refractivity contribution in [3.63, 3.8) is 0 Å². The highest BCUT2D eigenvalue weighted by atomic mass is 19.1. The summed E-state index contributed by atoms with van der Waals surface area (Å²) in [5.74, 6) is -2.15. The third kappa shape index (κ3) is 1.84. The molecule has 3 N–H and O–H groups in total. The summed E-state index contributed by atoms with van der Waals surface area (Å²) in [4.78, 5) is 13.8. The van der Waals surface area contributed by atoms with Crippen LogP contribution in [0.3, 0.4) is 0 Å². The van der Waals surface area contributed by atoms with Crippen molar-refractivity contribution in [2.24, 2.45) is 5.73 Å². The van der Waals surface area contributed by atoms with Crippen LogP contribution in [-0.4, -0.2) is 16.1 Å². The molecule has 0 aromatic carbocycles. The molecule has 0 aliphatic carbocycles. The number of aliphatic carboxylic acids is 1. The van der Waals surface area contributed by atoms with E-state index < -0.39 is 17.8 Å². The molecule has 0 saturated heterocycles. The lowest BCUT2D eigenvalue weighted by Gasteiger charge is -2.05. The van der Waals surface area contributed by atoms with E-state index >= 15 is 0 Å². The second-order valence-electron chi connectivity index (χ2n) is 2.53. The minimum absolute atomic E-state index is 0.0222. The number of aromatic nitrogens is 1. The van der Waals surface area contributed by atoms with Crippen molar-refractivity contribution in [3.8, 4) is 6.07 Å². The van der Waals surface area contributed by atoms with Crippen molar-refractivity contribution in [3.05, 3.63) is 29.3 Å². The number of hydrogen-bond donors (Lipinski definition) is 2. The molecule has 5 nitrogen and oxygen atoms in total. The molecule has 1 aromatic rings. The minimum Gasteiger partial charge on any atom is -0.480 e. The van der Waals surface area contributed by atoms with Crippen LogP contribution in [-0.2, 0) is 4.79 Å². The standard InChI is InChI=1S/C8H6FN3O2/c9-5-1-4(7(11)8(13)14)3-12-6(5)2-10/h1,3,7H,11H2,(H,13,14)/t7-/m1/s1. The fraction of sp³-hybridized carbons (Fsp3) is 0.125. The molecule has 0 amide bonds. The van der Waals surface area contributed by atoms with Crippen LogP contribution >= 0.6 is 0 Å². The van der Waals surface area contributed by atoms with Crippen LogP contribution in [0, 0.1) is 17.1 Å². The first-order valence-corrected chi connectivity index (χ1v) is 3.60. The largest absolute Gasteiger partial charge is 0.480 e. The molecule has 72 valence electrons. The van der Waals surface area contributed by atoms with E-state index in [9.17, 15) is 9.18 Å². The first-order valence-electron chi connectivity index (χ1n) is 3.60. The predicted octanol–water partition coefficient (Wildman–Crippen LogP) is 0.177. The third-order valence-electron chi connectivity index (χ3n) is 1.59. The molecule has 14 heavy (non-hydrogen) atoms. The molecule has 0 saturated carbocycles. The summed E-state index contributed by atoms with van der Waals surface area (Å²) in [6.45, 7) is 0. The fourth-order valence-electron chi connectivity index (χ4n) is 0.848. The minimum atomic E-state index is -1.33. The molecule has 0 bridgehead atoms. The Morgan fingerprint density at radius 3 is 2.86 bits per heavy atom. The quantitative estimate of drug-likeness (QED) is 0.700. The summed E-state index contributed by atoms with van der Waals surface area (Å²) < 4.78 is 12.9. The molecular formula is C8H6FN3O2. The monoisotopic (exact) mass is 195 g/mol. The summed E-state index contributed by atoms with van der Waals surface area (Å²) >= 11 is 0. The number of hydrogen-bond acceptors (Lipinski definition) is 4. The van der Waals surface area contributed by atoms with Crippen LogP contribution in [0.25, 0.3) is 0 Å². The second kappa shape index (κ2) is 3.81. The van der Waals surface area contributed by atoms with Crippen molar-refractivity contribution in [2.45, 2.75) is 6.04 Å². The average Bonchev–Trinajstić information content (AvgIpc) is 2.16. The molecule has 0 spiro atoms. The molecule has 0 aliphatic rings. The normalized spacial score (nSPS) is 11.8. The van der Waals surface area contributed by atoms with Crippen molar-refractivity contribution in [2.75, 3.05) is 0 Å². The zero-order chi connectivity index (χ0) is 10.7. The van der Waals surface area contributed by atoms with E-state index in [1.54, 1.807) is 0 Å². The van der Waals surface area contributed by atoms with Crippen LogP contribution in [0.5, 0.6) is 0 Å². The molecule has 6 heteroatoms. The van der Waals surface area contributed by atoms with Crippen molar-refractivity contribution in [1.29, 1.82) is 5.26 Å². The van der Waals surface area contributed by atoms with E-state index in [-0.39, 0.29) is 11.3 Å². The first-order chi connectivity index (χ1) is 6.56. The van der Waals surface area contributed by atoms with E-state index in [1.165, 1.54) is 6.07 Å². The number of nitrogens with zero attached hydrogens (tertiary/aromatic N) is 2.